The van der Waals surface area contributed by atoms with Crippen LogP contribution in [0.2, 0.25) is 0 Å². The van der Waals surface area contributed by atoms with Crippen LogP contribution >= 0.6 is 0 Å². The van der Waals surface area contributed by atoms with E-state index in [4.69, 9.17) is 0 Å². The molecule has 14 heavy (non-hydrogen) atoms. The highest BCUT2D eigenvalue weighted by Crippen LogP contribution is 2.21. The van der Waals surface area contributed by atoms with Gasteiger partial charge in [0.2, 0.25) is 0 Å². The topological polar surface area (TPSA) is 34.1 Å². The van der Waals surface area contributed by atoms with Crippen molar-refractivity contribution in [1.82, 2.24) is 0 Å². The maximum absolute atomic E-state index is 11.7. The fourth-order valence-corrected chi connectivity index (χ4v) is 0.802. The van der Waals surface area contributed by atoms with E-state index in [1.54, 1.807) is 0 Å². The number of halogens is 3. The van der Waals surface area contributed by atoms with E-state index in [2.05, 4.69) is 0 Å². The van der Waals surface area contributed by atoms with Crippen LogP contribution in [0.4, 0.5) is 13.2 Å². The van der Waals surface area contributed by atoms with Crippen molar-refractivity contribution < 1.29 is 22.8 Å². The minimum atomic E-state index is -4.30. The van der Waals surface area contributed by atoms with Crippen LogP contribution in [0, 0.1) is 0 Å². The summed E-state index contributed by atoms with van der Waals surface area (Å²) in [4.78, 5) is 20.9. The number of hydrogen-bond donors (Lipinski definition) is 0. The summed E-state index contributed by atoms with van der Waals surface area (Å²) in [5.74, 6) is -0.596. The first-order chi connectivity index (χ1) is 6.35. The predicted molar refractivity (Wildman–Crippen MR) is 44.7 cm³/mol. The minimum absolute atomic E-state index is 0.0811. The second-order valence-electron chi connectivity index (χ2n) is 2.94. The van der Waals surface area contributed by atoms with E-state index in [1.165, 1.54) is 6.92 Å². The van der Waals surface area contributed by atoms with Gasteiger partial charge in [0.1, 0.15) is 6.29 Å². The maximum Gasteiger partial charge on any atom is 0.389 e. The molecule has 0 spiro atoms. The summed E-state index contributed by atoms with van der Waals surface area (Å²) in [6.07, 6.45) is -4.21. The Morgan fingerprint density at radius 2 is 1.93 bits per heavy atom. The number of carbonyl (C=O) groups excluding carboxylic acids is 2. The van der Waals surface area contributed by atoms with Gasteiger partial charge in [-0.25, -0.2) is 0 Å². The lowest BCUT2D eigenvalue weighted by molar-refractivity contribution is -0.141. The van der Waals surface area contributed by atoms with Crippen LogP contribution in [0.5, 0.6) is 0 Å². The molecular weight excluding hydrogens is 197 g/mol. The Kier molecular flexibility index (Phi) is 5.12. The molecule has 0 atom stereocenters. The fraction of sp³-hybridized carbons (Fsp3) is 0.556. The van der Waals surface area contributed by atoms with Gasteiger partial charge in [0.25, 0.3) is 0 Å². The zero-order chi connectivity index (χ0) is 11.2. The van der Waals surface area contributed by atoms with E-state index in [9.17, 15) is 22.8 Å². The van der Waals surface area contributed by atoms with Crippen molar-refractivity contribution in [2.75, 3.05) is 0 Å². The molecular formula is C9H11F3O2. The third-order valence-corrected chi connectivity index (χ3v) is 1.47. The summed E-state index contributed by atoms with van der Waals surface area (Å²) in [6, 6.07) is 0. The van der Waals surface area contributed by atoms with Crippen LogP contribution in [0.1, 0.15) is 26.2 Å². The van der Waals surface area contributed by atoms with E-state index in [1.807, 2.05) is 0 Å². The molecule has 0 aliphatic carbocycles. The van der Waals surface area contributed by atoms with Crippen molar-refractivity contribution in [2.24, 2.45) is 0 Å². The fourth-order valence-electron chi connectivity index (χ4n) is 0.802. The van der Waals surface area contributed by atoms with Crippen molar-refractivity contribution in [3.63, 3.8) is 0 Å². The molecule has 80 valence electrons. The predicted octanol–water partition coefficient (Wildman–Crippen LogP) is 2.43. The van der Waals surface area contributed by atoms with E-state index >= 15 is 0 Å². The van der Waals surface area contributed by atoms with E-state index in [0.717, 1.165) is 6.08 Å². The summed E-state index contributed by atoms with van der Waals surface area (Å²) in [5, 5.41) is 0. The molecule has 0 N–H and O–H groups in total. The Morgan fingerprint density at radius 3 is 2.36 bits per heavy atom. The molecule has 0 bridgehead atoms. The Morgan fingerprint density at radius 1 is 1.36 bits per heavy atom. The van der Waals surface area contributed by atoms with Crippen LogP contribution in [-0.2, 0) is 9.59 Å². The first kappa shape index (κ1) is 12.9. The van der Waals surface area contributed by atoms with Crippen LogP contribution in [0.25, 0.3) is 0 Å². The van der Waals surface area contributed by atoms with Gasteiger partial charge >= 0.3 is 6.18 Å². The van der Waals surface area contributed by atoms with Crippen molar-refractivity contribution in [1.29, 1.82) is 0 Å². The molecule has 0 heterocycles. The molecule has 0 aromatic carbocycles. The number of hydrogen-bond acceptors (Lipinski definition) is 2. The van der Waals surface area contributed by atoms with Gasteiger partial charge in [-0.15, -0.1) is 0 Å². The van der Waals surface area contributed by atoms with Gasteiger partial charge < -0.3 is 4.79 Å². The zero-order valence-corrected chi connectivity index (χ0v) is 7.73. The monoisotopic (exact) mass is 208 g/mol. The molecule has 0 amide bonds. The van der Waals surface area contributed by atoms with Crippen molar-refractivity contribution in [3.05, 3.63) is 11.6 Å². The van der Waals surface area contributed by atoms with Gasteiger partial charge in [0, 0.05) is 12.8 Å². The molecule has 0 saturated carbocycles. The van der Waals surface area contributed by atoms with Crippen molar-refractivity contribution in [3.8, 4) is 0 Å². The first-order valence-electron chi connectivity index (χ1n) is 4.05. The molecule has 2 nitrogen and oxygen atoms in total. The lowest BCUT2D eigenvalue weighted by atomic mass is 10.1. The van der Waals surface area contributed by atoms with Gasteiger partial charge in [-0.2, -0.15) is 13.2 Å². The van der Waals surface area contributed by atoms with Crippen LogP contribution < -0.4 is 0 Å². The third-order valence-electron chi connectivity index (χ3n) is 1.47. The summed E-state index contributed by atoms with van der Waals surface area (Å²) >= 11 is 0. The number of carbonyl (C=O) groups is 2. The molecule has 0 rings (SSSR count). The van der Waals surface area contributed by atoms with Gasteiger partial charge in [0.05, 0.1) is 6.42 Å². The Bertz CT molecular complexity index is 241. The standard InChI is InChI=1S/C9H11F3O2/c1-7(3-5-13)6-8(14)2-4-9(10,11)12/h5-6H,2-4H2,1H3. The van der Waals surface area contributed by atoms with Gasteiger partial charge in [-0.05, 0) is 13.0 Å². The summed E-state index contributed by atoms with van der Waals surface area (Å²) in [5.41, 5.74) is 0.479. The highest BCUT2D eigenvalue weighted by atomic mass is 19.4. The largest absolute Gasteiger partial charge is 0.389 e. The average molecular weight is 208 g/mol. The second-order valence-corrected chi connectivity index (χ2v) is 2.94. The van der Waals surface area contributed by atoms with E-state index < -0.39 is 24.8 Å². The average Bonchev–Trinajstić information content (AvgIpc) is 2.00. The lowest BCUT2D eigenvalue weighted by Crippen LogP contribution is -2.09. The summed E-state index contributed by atoms with van der Waals surface area (Å²) in [7, 11) is 0. The van der Waals surface area contributed by atoms with Gasteiger partial charge in [0.15, 0.2) is 5.78 Å². The molecule has 0 saturated heterocycles. The first-order valence-corrected chi connectivity index (χ1v) is 4.05. The molecule has 0 aromatic rings. The third kappa shape index (κ3) is 7.52. The van der Waals surface area contributed by atoms with Gasteiger partial charge in [-0.3, -0.25) is 4.79 Å². The number of aldehydes is 1. The molecule has 0 aliphatic rings. The molecule has 0 aromatic heterocycles. The Labute approximate surface area is 79.8 Å². The highest BCUT2D eigenvalue weighted by Gasteiger charge is 2.27. The summed E-state index contributed by atoms with van der Waals surface area (Å²) in [6.45, 7) is 1.53. The maximum atomic E-state index is 11.7. The Balaban J connectivity index is 3.98. The number of allylic oxidation sites excluding steroid dienone is 2. The SMILES string of the molecule is CC(=CC(=O)CCC(F)(F)F)CC=O. The van der Waals surface area contributed by atoms with Crippen LogP contribution in [0.3, 0.4) is 0 Å². The van der Waals surface area contributed by atoms with Crippen LogP contribution in [0.15, 0.2) is 11.6 Å². The van der Waals surface area contributed by atoms with Gasteiger partial charge in [-0.1, -0.05) is 5.57 Å². The Hall–Kier alpha value is -1.13. The lowest BCUT2D eigenvalue weighted by Gasteiger charge is -2.03. The molecule has 0 radical (unpaired) electrons. The quantitative estimate of drug-likeness (QED) is 0.513. The molecule has 0 aliphatic heterocycles. The molecule has 5 heteroatoms. The van der Waals surface area contributed by atoms with E-state index in [0.29, 0.717) is 11.9 Å². The number of rotatable bonds is 5. The van der Waals surface area contributed by atoms with Crippen molar-refractivity contribution in [2.45, 2.75) is 32.4 Å². The zero-order valence-electron chi connectivity index (χ0n) is 7.73. The second kappa shape index (κ2) is 5.57. The minimum Gasteiger partial charge on any atom is -0.303 e. The van der Waals surface area contributed by atoms with E-state index in [-0.39, 0.29) is 6.42 Å². The summed E-state index contributed by atoms with van der Waals surface area (Å²) < 4.78 is 35.0. The number of ketones is 1. The highest BCUT2D eigenvalue weighted by molar-refractivity contribution is 5.90. The smallest absolute Gasteiger partial charge is 0.303 e. The van der Waals surface area contributed by atoms with Crippen LogP contribution in [-0.4, -0.2) is 18.2 Å². The molecule has 0 fully saturated rings. The van der Waals surface area contributed by atoms with Crippen molar-refractivity contribution >= 4 is 12.1 Å². The normalized spacial score (nSPS) is 12.7. The molecule has 0 unspecified atom stereocenters. The number of alkyl halides is 3.